The summed E-state index contributed by atoms with van der Waals surface area (Å²) in [6.07, 6.45) is 1.24. The van der Waals surface area contributed by atoms with Gasteiger partial charge in [0.1, 0.15) is 0 Å². The predicted octanol–water partition coefficient (Wildman–Crippen LogP) is 0.302. The van der Waals surface area contributed by atoms with Crippen molar-refractivity contribution in [2.45, 2.75) is 0 Å². The lowest BCUT2D eigenvalue weighted by Crippen LogP contribution is -2.15. The Hall–Kier alpha value is -2.16. The van der Waals surface area contributed by atoms with Gasteiger partial charge in [0.15, 0.2) is 11.6 Å². The first-order valence-corrected chi connectivity index (χ1v) is 4.82. The molecule has 7 nitrogen and oxygen atoms in total. The molecule has 82 valence electrons. The first-order chi connectivity index (χ1) is 7.68. The molecule has 0 saturated heterocycles. The van der Waals surface area contributed by atoms with E-state index in [1.54, 1.807) is 0 Å². The van der Waals surface area contributed by atoms with E-state index in [4.69, 9.17) is 5.73 Å². The van der Waals surface area contributed by atoms with Crippen molar-refractivity contribution in [1.82, 2.24) is 19.8 Å². The number of halogens is 1. The highest BCUT2D eigenvalue weighted by Gasteiger charge is 2.15. The molecule has 0 aliphatic heterocycles. The molecule has 0 bridgehead atoms. The lowest BCUT2D eigenvalue weighted by atomic mass is 10.2. The summed E-state index contributed by atoms with van der Waals surface area (Å²) in [4.78, 5) is 15.1. The first-order valence-electron chi connectivity index (χ1n) is 4.05. The van der Waals surface area contributed by atoms with E-state index in [1.165, 1.54) is 12.3 Å². The van der Waals surface area contributed by atoms with Crippen molar-refractivity contribution in [3.63, 3.8) is 0 Å². The number of nitrogens with two attached hydrogens (primary N) is 1. The van der Waals surface area contributed by atoms with E-state index in [1.807, 2.05) is 0 Å². The normalized spacial score (nSPS) is 10.1. The number of hydrogen-bond donors (Lipinski definition) is 2. The molecular formula is C7H5FN6OS. The van der Waals surface area contributed by atoms with Crippen LogP contribution in [0.25, 0.3) is 0 Å². The summed E-state index contributed by atoms with van der Waals surface area (Å²) in [5.41, 5.74) is 5.02. The van der Waals surface area contributed by atoms with Gasteiger partial charge in [0.25, 0.3) is 5.91 Å². The van der Waals surface area contributed by atoms with Gasteiger partial charge in [-0.05, 0) is 11.3 Å². The molecule has 9 heteroatoms. The zero-order chi connectivity index (χ0) is 11.5. The van der Waals surface area contributed by atoms with E-state index in [2.05, 4.69) is 25.1 Å². The van der Waals surface area contributed by atoms with Crippen molar-refractivity contribution in [3.8, 4) is 0 Å². The average Bonchev–Trinajstić information content (AvgIpc) is 2.74. The zero-order valence-corrected chi connectivity index (χ0v) is 8.53. The van der Waals surface area contributed by atoms with Crippen LogP contribution in [0.4, 0.5) is 15.3 Å². The fourth-order valence-corrected chi connectivity index (χ4v) is 1.34. The second-order valence-electron chi connectivity index (χ2n) is 2.68. The Labute approximate surface area is 92.7 Å². The fraction of sp³-hybridized carbons (Fsp3) is 0. The van der Waals surface area contributed by atoms with Crippen LogP contribution in [0.3, 0.4) is 0 Å². The monoisotopic (exact) mass is 240 g/mol. The summed E-state index contributed by atoms with van der Waals surface area (Å²) >= 11 is 0.882. The molecule has 0 aliphatic rings. The van der Waals surface area contributed by atoms with Crippen LogP contribution < -0.4 is 11.1 Å². The van der Waals surface area contributed by atoms with Crippen molar-refractivity contribution in [3.05, 3.63) is 23.6 Å². The van der Waals surface area contributed by atoms with E-state index >= 15 is 0 Å². The van der Waals surface area contributed by atoms with Gasteiger partial charge in [-0.2, -0.15) is 0 Å². The molecule has 0 saturated carbocycles. The smallest absolute Gasteiger partial charge is 0.260 e. The molecule has 0 atom stereocenters. The maximum Gasteiger partial charge on any atom is 0.260 e. The summed E-state index contributed by atoms with van der Waals surface area (Å²) in [6, 6.07) is 1.22. The highest BCUT2D eigenvalue weighted by Crippen LogP contribution is 2.14. The van der Waals surface area contributed by atoms with Gasteiger partial charge in [0.2, 0.25) is 5.13 Å². The van der Waals surface area contributed by atoms with Gasteiger partial charge in [-0.3, -0.25) is 10.1 Å². The number of hydrogen-bond acceptors (Lipinski definition) is 7. The van der Waals surface area contributed by atoms with Crippen molar-refractivity contribution in [2.75, 3.05) is 11.1 Å². The maximum absolute atomic E-state index is 13.4. The number of pyridine rings is 1. The molecule has 0 aliphatic carbocycles. The number of nitrogens with one attached hydrogen (secondary N) is 1. The third-order valence-electron chi connectivity index (χ3n) is 1.68. The highest BCUT2D eigenvalue weighted by molar-refractivity contribution is 7.09. The number of nitrogen functional groups attached to an aromatic ring is 1. The highest BCUT2D eigenvalue weighted by atomic mass is 32.1. The van der Waals surface area contributed by atoms with Crippen LogP contribution in [-0.2, 0) is 0 Å². The summed E-state index contributed by atoms with van der Waals surface area (Å²) < 4.78 is 16.8. The van der Waals surface area contributed by atoms with E-state index in [9.17, 15) is 9.18 Å². The Kier molecular flexibility index (Phi) is 2.68. The second kappa shape index (κ2) is 4.14. The van der Waals surface area contributed by atoms with Crippen molar-refractivity contribution >= 4 is 28.4 Å². The third kappa shape index (κ3) is 1.93. The minimum absolute atomic E-state index is 0.180. The SMILES string of the molecule is Nc1nccc(C(=O)Nc2nnns2)c1F. The van der Waals surface area contributed by atoms with Crippen LogP contribution in [0, 0.1) is 5.82 Å². The van der Waals surface area contributed by atoms with Gasteiger partial charge in [-0.15, -0.1) is 0 Å². The molecule has 2 heterocycles. The van der Waals surface area contributed by atoms with Crippen LogP contribution in [0.1, 0.15) is 10.4 Å². The summed E-state index contributed by atoms with van der Waals surface area (Å²) in [6.45, 7) is 0. The molecule has 1 amide bonds. The van der Waals surface area contributed by atoms with E-state index in [0.29, 0.717) is 0 Å². The third-order valence-corrected chi connectivity index (χ3v) is 2.19. The number of rotatable bonds is 2. The van der Waals surface area contributed by atoms with Gasteiger partial charge in [0.05, 0.1) is 5.56 Å². The number of carbonyl (C=O) groups is 1. The van der Waals surface area contributed by atoms with Gasteiger partial charge in [-0.25, -0.2) is 9.37 Å². The van der Waals surface area contributed by atoms with Gasteiger partial charge < -0.3 is 5.73 Å². The number of amides is 1. The number of carbonyl (C=O) groups excluding carboxylic acids is 1. The Morgan fingerprint density at radius 1 is 1.56 bits per heavy atom. The number of anilines is 2. The molecule has 0 aromatic carbocycles. The van der Waals surface area contributed by atoms with E-state index in [-0.39, 0.29) is 16.5 Å². The number of aromatic nitrogens is 4. The summed E-state index contributed by atoms with van der Waals surface area (Å²) in [5, 5.41) is 9.28. The minimum Gasteiger partial charge on any atom is -0.381 e. The summed E-state index contributed by atoms with van der Waals surface area (Å²) in [7, 11) is 0. The molecular weight excluding hydrogens is 235 g/mol. The van der Waals surface area contributed by atoms with Gasteiger partial charge in [-0.1, -0.05) is 9.59 Å². The van der Waals surface area contributed by atoms with Gasteiger partial charge >= 0.3 is 0 Å². The molecule has 2 aromatic rings. The Morgan fingerprint density at radius 2 is 2.38 bits per heavy atom. The van der Waals surface area contributed by atoms with Crippen LogP contribution >= 0.6 is 11.5 Å². The topological polar surface area (TPSA) is 107 Å². The molecule has 2 aromatic heterocycles. The van der Waals surface area contributed by atoms with Crippen LogP contribution in [0.5, 0.6) is 0 Å². The Bertz CT molecular complexity index is 516. The largest absolute Gasteiger partial charge is 0.381 e. The number of nitrogens with zero attached hydrogens (tertiary/aromatic N) is 4. The van der Waals surface area contributed by atoms with Crippen molar-refractivity contribution in [2.24, 2.45) is 0 Å². The lowest BCUT2D eigenvalue weighted by molar-refractivity contribution is 0.102. The fourth-order valence-electron chi connectivity index (χ4n) is 0.982. The van der Waals surface area contributed by atoms with Crippen molar-refractivity contribution < 1.29 is 9.18 Å². The molecule has 0 unspecified atom stereocenters. The quantitative estimate of drug-likeness (QED) is 0.781. The second-order valence-corrected chi connectivity index (χ2v) is 3.41. The van der Waals surface area contributed by atoms with Crippen LogP contribution in [0.15, 0.2) is 12.3 Å². The lowest BCUT2D eigenvalue weighted by Gasteiger charge is -2.03. The Morgan fingerprint density at radius 3 is 3.06 bits per heavy atom. The minimum atomic E-state index is -0.863. The summed E-state index contributed by atoms with van der Waals surface area (Å²) in [5.74, 6) is -1.87. The maximum atomic E-state index is 13.4. The van der Waals surface area contributed by atoms with Crippen LogP contribution in [0.2, 0.25) is 0 Å². The van der Waals surface area contributed by atoms with Gasteiger partial charge in [0, 0.05) is 17.7 Å². The molecule has 2 rings (SSSR count). The van der Waals surface area contributed by atoms with Crippen LogP contribution in [-0.4, -0.2) is 25.7 Å². The van der Waals surface area contributed by atoms with E-state index in [0.717, 1.165) is 11.5 Å². The molecule has 0 radical (unpaired) electrons. The first kappa shape index (κ1) is 10.4. The molecule has 3 N–H and O–H groups in total. The zero-order valence-electron chi connectivity index (χ0n) is 7.72. The molecule has 0 spiro atoms. The van der Waals surface area contributed by atoms with E-state index < -0.39 is 11.7 Å². The molecule has 16 heavy (non-hydrogen) atoms. The van der Waals surface area contributed by atoms with Crippen molar-refractivity contribution in [1.29, 1.82) is 0 Å². The Balaban J connectivity index is 2.24. The standard InChI is InChI=1S/C7H5FN6OS/c8-4-3(1-2-10-5(4)9)6(15)11-7-12-13-14-16-7/h1-2H,(H2,9,10)(H,11,12,14,15). The predicted molar refractivity (Wildman–Crippen MR) is 54.3 cm³/mol. The molecule has 0 fully saturated rings. The average molecular weight is 240 g/mol.